The number of benzene rings is 1. The molecule has 1 aromatic rings. The van der Waals surface area contributed by atoms with Crippen molar-refractivity contribution in [3.05, 3.63) is 35.6 Å². The molecule has 15 heavy (non-hydrogen) atoms. The number of hydrogen-bond acceptors (Lipinski definition) is 0. The molecule has 1 aromatic carbocycles. The summed E-state index contributed by atoms with van der Waals surface area (Å²) in [6.07, 6.45) is 6.08. The molecule has 0 aliphatic heterocycles. The fourth-order valence-corrected chi connectivity index (χ4v) is 1.03. The third-order valence-corrected chi connectivity index (χ3v) is 2.23. The molecule has 0 nitrogen and oxygen atoms in total. The van der Waals surface area contributed by atoms with Crippen LogP contribution >= 0.6 is 0 Å². The van der Waals surface area contributed by atoms with Crippen molar-refractivity contribution in [3.63, 3.8) is 0 Å². The lowest BCUT2D eigenvalue weighted by Gasteiger charge is -1.97. The summed E-state index contributed by atoms with van der Waals surface area (Å²) < 4.78 is 12.4. The van der Waals surface area contributed by atoms with E-state index in [0.717, 1.165) is 6.42 Å². The van der Waals surface area contributed by atoms with E-state index in [2.05, 4.69) is 20.8 Å². The van der Waals surface area contributed by atoms with E-state index in [1.54, 1.807) is 0 Å². The maximum absolute atomic E-state index is 12.4. The predicted molar refractivity (Wildman–Crippen MR) is 65.6 cm³/mol. The molecule has 0 spiro atoms. The van der Waals surface area contributed by atoms with E-state index in [0.29, 0.717) is 0 Å². The van der Waals surface area contributed by atoms with Gasteiger partial charge in [0.2, 0.25) is 0 Å². The summed E-state index contributed by atoms with van der Waals surface area (Å²) >= 11 is 0. The Kier molecular flexibility index (Phi) is 9.15. The van der Waals surface area contributed by atoms with Crippen molar-refractivity contribution in [2.75, 3.05) is 0 Å². The molecule has 0 aromatic heterocycles. The first-order chi connectivity index (χ1) is 7.24. The van der Waals surface area contributed by atoms with Crippen LogP contribution in [-0.4, -0.2) is 0 Å². The smallest absolute Gasteiger partial charge is 0.123 e. The molecule has 86 valence electrons. The van der Waals surface area contributed by atoms with Crippen molar-refractivity contribution in [1.29, 1.82) is 0 Å². The lowest BCUT2D eigenvalue weighted by molar-refractivity contribution is 0.626. The zero-order valence-corrected chi connectivity index (χ0v) is 10.2. The summed E-state index contributed by atoms with van der Waals surface area (Å²) in [4.78, 5) is 0. The Morgan fingerprint density at radius 1 is 0.867 bits per heavy atom. The van der Waals surface area contributed by atoms with Crippen molar-refractivity contribution >= 4 is 0 Å². The summed E-state index contributed by atoms with van der Waals surface area (Å²) in [6.45, 7) is 6.52. The molecule has 0 aliphatic carbocycles. The molecular weight excluding hydrogens is 187 g/mol. The molecule has 1 heteroatoms. The van der Waals surface area contributed by atoms with E-state index >= 15 is 0 Å². The van der Waals surface area contributed by atoms with Crippen LogP contribution in [0.25, 0.3) is 0 Å². The minimum Gasteiger partial charge on any atom is -0.207 e. The fourth-order valence-electron chi connectivity index (χ4n) is 1.03. The minimum absolute atomic E-state index is 0.148. The van der Waals surface area contributed by atoms with E-state index in [-0.39, 0.29) is 5.82 Å². The fraction of sp³-hybridized carbons (Fsp3) is 0.571. The lowest BCUT2D eigenvalue weighted by Crippen LogP contribution is -1.83. The Morgan fingerprint density at radius 3 is 1.80 bits per heavy atom. The third kappa shape index (κ3) is 8.17. The van der Waals surface area contributed by atoms with E-state index < -0.39 is 0 Å². The number of unbranched alkanes of at least 4 members (excludes halogenated alkanes) is 2. The highest BCUT2D eigenvalue weighted by molar-refractivity contribution is 5.15. The molecule has 0 amide bonds. The zero-order valence-electron chi connectivity index (χ0n) is 10.2. The normalized spacial score (nSPS) is 9.33. The van der Waals surface area contributed by atoms with Crippen LogP contribution in [0.1, 0.15) is 52.0 Å². The van der Waals surface area contributed by atoms with Crippen LogP contribution in [-0.2, 0) is 6.42 Å². The molecular formula is C14H23F. The number of rotatable bonds is 4. The second-order valence-corrected chi connectivity index (χ2v) is 3.73. The summed E-state index contributed by atoms with van der Waals surface area (Å²) in [5, 5.41) is 0. The minimum atomic E-state index is -0.148. The number of hydrogen-bond donors (Lipinski definition) is 0. The third-order valence-electron chi connectivity index (χ3n) is 2.23. The molecule has 0 N–H and O–H groups in total. The van der Waals surface area contributed by atoms with Crippen LogP contribution in [0.3, 0.4) is 0 Å². The number of halogens is 1. The molecule has 0 radical (unpaired) electrons. The standard InChI is InChI=1S/C10H13F.C4H10/c1-2-3-4-9-5-7-10(11)8-6-9;1-3-4-2/h5-8H,2-4H2,1H3;3-4H2,1-2H3. The van der Waals surface area contributed by atoms with E-state index in [1.807, 2.05) is 12.1 Å². The van der Waals surface area contributed by atoms with Crippen LogP contribution in [0, 0.1) is 5.82 Å². The molecule has 0 heterocycles. The Labute approximate surface area is 93.5 Å². The topological polar surface area (TPSA) is 0 Å². The van der Waals surface area contributed by atoms with Crippen molar-refractivity contribution < 1.29 is 4.39 Å². The Morgan fingerprint density at radius 2 is 1.40 bits per heavy atom. The van der Waals surface area contributed by atoms with Gasteiger partial charge in [0.25, 0.3) is 0 Å². The van der Waals surface area contributed by atoms with E-state index in [9.17, 15) is 4.39 Å². The van der Waals surface area contributed by atoms with Gasteiger partial charge in [0.15, 0.2) is 0 Å². The Balaban J connectivity index is 0.000000423. The van der Waals surface area contributed by atoms with Gasteiger partial charge >= 0.3 is 0 Å². The summed E-state index contributed by atoms with van der Waals surface area (Å²) in [6, 6.07) is 6.74. The van der Waals surface area contributed by atoms with Gasteiger partial charge in [0.1, 0.15) is 5.82 Å². The van der Waals surface area contributed by atoms with Crippen molar-refractivity contribution in [2.45, 2.75) is 52.9 Å². The molecule has 1 rings (SSSR count). The molecule has 0 saturated heterocycles. The second-order valence-electron chi connectivity index (χ2n) is 3.73. The Hall–Kier alpha value is -0.850. The first-order valence-corrected chi connectivity index (χ1v) is 5.99. The van der Waals surface area contributed by atoms with Gasteiger partial charge in [-0.15, -0.1) is 0 Å². The predicted octanol–water partition coefficient (Wildman–Crippen LogP) is 4.97. The van der Waals surface area contributed by atoms with Gasteiger partial charge in [-0.1, -0.05) is 52.2 Å². The van der Waals surface area contributed by atoms with Crippen LogP contribution in [0.2, 0.25) is 0 Å². The van der Waals surface area contributed by atoms with Gasteiger partial charge in [-0.05, 0) is 30.5 Å². The SMILES string of the molecule is CCCC.CCCCc1ccc(F)cc1. The van der Waals surface area contributed by atoms with Crippen LogP contribution in [0.4, 0.5) is 4.39 Å². The lowest BCUT2D eigenvalue weighted by atomic mass is 10.1. The van der Waals surface area contributed by atoms with Crippen LogP contribution < -0.4 is 0 Å². The van der Waals surface area contributed by atoms with Gasteiger partial charge in [0.05, 0.1) is 0 Å². The van der Waals surface area contributed by atoms with E-state index in [1.165, 1.54) is 43.4 Å². The zero-order chi connectivity index (χ0) is 11.5. The highest BCUT2D eigenvalue weighted by atomic mass is 19.1. The monoisotopic (exact) mass is 210 g/mol. The highest BCUT2D eigenvalue weighted by Crippen LogP contribution is 2.06. The van der Waals surface area contributed by atoms with Crippen molar-refractivity contribution in [1.82, 2.24) is 0 Å². The van der Waals surface area contributed by atoms with Gasteiger partial charge in [0, 0.05) is 0 Å². The summed E-state index contributed by atoms with van der Waals surface area (Å²) in [5.74, 6) is -0.148. The average Bonchev–Trinajstić information content (AvgIpc) is 2.29. The van der Waals surface area contributed by atoms with Gasteiger partial charge in [-0.2, -0.15) is 0 Å². The molecule has 0 saturated carbocycles. The van der Waals surface area contributed by atoms with Gasteiger partial charge in [-0.25, -0.2) is 4.39 Å². The quantitative estimate of drug-likeness (QED) is 0.658. The first kappa shape index (κ1) is 14.2. The van der Waals surface area contributed by atoms with Crippen LogP contribution in [0.5, 0.6) is 0 Å². The molecule has 0 unspecified atom stereocenters. The summed E-state index contributed by atoms with van der Waals surface area (Å²) in [7, 11) is 0. The second kappa shape index (κ2) is 9.70. The maximum Gasteiger partial charge on any atom is 0.123 e. The van der Waals surface area contributed by atoms with Gasteiger partial charge < -0.3 is 0 Å². The average molecular weight is 210 g/mol. The van der Waals surface area contributed by atoms with Crippen molar-refractivity contribution in [3.8, 4) is 0 Å². The van der Waals surface area contributed by atoms with Crippen molar-refractivity contribution in [2.24, 2.45) is 0 Å². The molecule has 0 aliphatic rings. The molecule has 0 atom stereocenters. The number of aryl methyl sites for hydroxylation is 1. The Bertz CT molecular complexity index is 224. The van der Waals surface area contributed by atoms with Gasteiger partial charge in [-0.3, -0.25) is 0 Å². The molecule has 0 fully saturated rings. The van der Waals surface area contributed by atoms with E-state index in [4.69, 9.17) is 0 Å². The maximum atomic E-state index is 12.4. The highest BCUT2D eigenvalue weighted by Gasteiger charge is 1.91. The molecule has 0 bridgehead atoms. The summed E-state index contributed by atoms with van der Waals surface area (Å²) in [5.41, 5.74) is 1.23. The largest absolute Gasteiger partial charge is 0.207 e. The first-order valence-electron chi connectivity index (χ1n) is 5.99. The van der Waals surface area contributed by atoms with Crippen LogP contribution in [0.15, 0.2) is 24.3 Å².